The molecule has 148 valence electrons. The summed E-state index contributed by atoms with van der Waals surface area (Å²) in [5.41, 5.74) is 1.47. The molecule has 0 aliphatic carbocycles. The van der Waals surface area contributed by atoms with Crippen molar-refractivity contribution in [2.75, 3.05) is 20.8 Å². The lowest BCUT2D eigenvalue weighted by Crippen LogP contribution is -2.33. The minimum atomic E-state index is 0.00952. The number of hydrogen-bond donors (Lipinski definition) is 0. The van der Waals surface area contributed by atoms with Crippen LogP contribution >= 0.6 is 11.3 Å². The molecule has 7 heteroatoms. The minimum absolute atomic E-state index is 0.00952. The Morgan fingerprint density at radius 1 is 1.21 bits per heavy atom. The smallest absolute Gasteiger partial charge is 0.264 e. The molecule has 0 aliphatic rings. The monoisotopic (exact) mass is 400 g/mol. The van der Waals surface area contributed by atoms with Gasteiger partial charge < -0.3 is 18.9 Å². The second kappa shape index (κ2) is 8.93. The van der Waals surface area contributed by atoms with E-state index < -0.39 is 0 Å². The van der Waals surface area contributed by atoms with Gasteiger partial charge in [0.15, 0.2) is 5.76 Å². The Bertz CT molecular complexity index is 918. The molecule has 0 spiro atoms. The van der Waals surface area contributed by atoms with E-state index in [1.54, 1.807) is 20.3 Å². The van der Waals surface area contributed by atoms with Crippen molar-refractivity contribution in [3.8, 4) is 22.8 Å². The molecule has 0 unspecified atom stereocenters. The largest absolute Gasteiger partial charge is 0.497 e. The van der Waals surface area contributed by atoms with Crippen LogP contribution in [0.2, 0.25) is 0 Å². The summed E-state index contributed by atoms with van der Waals surface area (Å²) < 4.78 is 16.2. The Hall–Kier alpha value is -2.80. The molecule has 0 atom stereocenters. The molecular weight excluding hydrogens is 376 g/mol. The van der Waals surface area contributed by atoms with Gasteiger partial charge in [-0.25, -0.2) is 0 Å². The maximum absolute atomic E-state index is 12.8. The lowest BCUT2D eigenvalue weighted by atomic mass is 10.1. The van der Waals surface area contributed by atoms with Crippen molar-refractivity contribution in [3.63, 3.8) is 0 Å². The molecule has 3 rings (SSSR count). The molecule has 0 N–H and O–H groups in total. The number of carbonyl (C=O) groups excluding carboxylic acids is 1. The van der Waals surface area contributed by atoms with Gasteiger partial charge in [-0.2, -0.15) is 0 Å². The summed E-state index contributed by atoms with van der Waals surface area (Å²) in [5.74, 6) is 2.27. The van der Waals surface area contributed by atoms with Gasteiger partial charge in [-0.15, -0.1) is 11.3 Å². The van der Waals surface area contributed by atoms with Crippen LogP contribution in [0, 0.1) is 5.92 Å². The van der Waals surface area contributed by atoms with Crippen LogP contribution < -0.4 is 9.47 Å². The highest BCUT2D eigenvalue weighted by molar-refractivity contribution is 7.12. The standard InChI is InChI=1S/C21H24N2O4S/c1-14(2)12-23(21(24)20-6-5-9-28-20)13-15-10-19(27-22-15)17-8-7-16(25-3)11-18(17)26-4/h5-11,14H,12-13H2,1-4H3. The van der Waals surface area contributed by atoms with E-state index >= 15 is 0 Å². The molecule has 1 aromatic carbocycles. The Morgan fingerprint density at radius 2 is 2.04 bits per heavy atom. The molecule has 0 saturated carbocycles. The number of benzene rings is 1. The van der Waals surface area contributed by atoms with Crippen LogP contribution in [0.15, 0.2) is 46.3 Å². The van der Waals surface area contributed by atoms with Crippen molar-refractivity contribution < 1.29 is 18.8 Å². The molecule has 0 saturated heterocycles. The van der Waals surface area contributed by atoms with Crippen LogP contribution in [-0.4, -0.2) is 36.7 Å². The summed E-state index contributed by atoms with van der Waals surface area (Å²) >= 11 is 1.44. The maximum atomic E-state index is 12.8. The van der Waals surface area contributed by atoms with Gasteiger partial charge in [0.25, 0.3) is 5.91 Å². The van der Waals surface area contributed by atoms with Gasteiger partial charge in [0.2, 0.25) is 0 Å². The van der Waals surface area contributed by atoms with Gasteiger partial charge in [0, 0.05) is 18.7 Å². The van der Waals surface area contributed by atoms with Crippen LogP contribution in [0.4, 0.5) is 0 Å². The van der Waals surface area contributed by atoms with Gasteiger partial charge in [0.05, 0.1) is 31.2 Å². The summed E-state index contributed by atoms with van der Waals surface area (Å²) in [6, 6.07) is 11.1. The quantitative estimate of drug-likeness (QED) is 0.547. The van der Waals surface area contributed by atoms with Gasteiger partial charge >= 0.3 is 0 Å². The van der Waals surface area contributed by atoms with Crippen LogP contribution in [0.25, 0.3) is 11.3 Å². The summed E-state index contributed by atoms with van der Waals surface area (Å²) in [6.07, 6.45) is 0. The second-order valence-corrected chi connectivity index (χ2v) is 7.75. The number of thiophene rings is 1. The second-order valence-electron chi connectivity index (χ2n) is 6.81. The van der Waals surface area contributed by atoms with E-state index in [9.17, 15) is 4.79 Å². The molecule has 1 amide bonds. The number of amides is 1. The molecular formula is C21H24N2O4S. The first-order valence-electron chi connectivity index (χ1n) is 9.02. The molecule has 28 heavy (non-hydrogen) atoms. The van der Waals surface area contributed by atoms with Crippen LogP contribution in [-0.2, 0) is 6.54 Å². The van der Waals surface area contributed by atoms with E-state index in [0.29, 0.717) is 42.0 Å². The Morgan fingerprint density at radius 3 is 2.68 bits per heavy atom. The molecule has 2 heterocycles. The number of ether oxygens (including phenoxy) is 2. The predicted molar refractivity (Wildman–Crippen MR) is 109 cm³/mol. The number of nitrogens with zero attached hydrogens (tertiary/aromatic N) is 2. The Kier molecular flexibility index (Phi) is 6.36. The fourth-order valence-electron chi connectivity index (χ4n) is 2.93. The number of hydrogen-bond acceptors (Lipinski definition) is 6. The van der Waals surface area contributed by atoms with Gasteiger partial charge in [-0.3, -0.25) is 4.79 Å². The minimum Gasteiger partial charge on any atom is -0.497 e. The lowest BCUT2D eigenvalue weighted by molar-refractivity contribution is 0.0723. The van der Waals surface area contributed by atoms with Crippen molar-refractivity contribution in [1.29, 1.82) is 0 Å². The van der Waals surface area contributed by atoms with Crippen molar-refractivity contribution >= 4 is 17.2 Å². The average molecular weight is 401 g/mol. The highest BCUT2D eigenvalue weighted by atomic mass is 32.1. The molecule has 2 aromatic heterocycles. The van der Waals surface area contributed by atoms with E-state index in [4.69, 9.17) is 14.0 Å². The Balaban J connectivity index is 1.83. The summed E-state index contributed by atoms with van der Waals surface area (Å²) in [6.45, 7) is 5.21. The molecule has 0 radical (unpaired) electrons. The number of rotatable bonds is 8. The summed E-state index contributed by atoms with van der Waals surface area (Å²) in [7, 11) is 3.20. The number of methoxy groups -OCH3 is 2. The third-order valence-corrected chi connectivity index (χ3v) is 5.05. The number of carbonyl (C=O) groups is 1. The predicted octanol–water partition coefficient (Wildman–Crippen LogP) is 4.72. The third kappa shape index (κ3) is 4.54. The van der Waals surface area contributed by atoms with Gasteiger partial charge in [-0.05, 0) is 29.5 Å². The summed E-state index contributed by atoms with van der Waals surface area (Å²) in [4.78, 5) is 15.4. The zero-order valence-corrected chi connectivity index (χ0v) is 17.3. The average Bonchev–Trinajstić information content (AvgIpc) is 3.38. The zero-order chi connectivity index (χ0) is 20.1. The van der Waals surface area contributed by atoms with Gasteiger partial charge in [0.1, 0.15) is 17.2 Å². The zero-order valence-electron chi connectivity index (χ0n) is 16.5. The molecule has 0 bridgehead atoms. The summed E-state index contributed by atoms with van der Waals surface area (Å²) in [5, 5.41) is 6.08. The fraction of sp³-hybridized carbons (Fsp3) is 0.333. The van der Waals surface area contributed by atoms with Crippen LogP contribution in [0.3, 0.4) is 0 Å². The van der Waals surface area contributed by atoms with Crippen molar-refractivity contribution in [2.24, 2.45) is 5.92 Å². The van der Waals surface area contributed by atoms with E-state index in [1.165, 1.54) is 11.3 Å². The first-order chi connectivity index (χ1) is 13.5. The first-order valence-corrected chi connectivity index (χ1v) is 9.90. The third-order valence-electron chi connectivity index (χ3n) is 4.19. The SMILES string of the molecule is COc1ccc(-c2cc(CN(CC(C)C)C(=O)c3cccs3)no2)c(OC)c1. The topological polar surface area (TPSA) is 64.8 Å². The highest BCUT2D eigenvalue weighted by Gasteiger charge is 2.21. The molecule has 6 nitrogen and oxygen atoms in total. The van der Waals surface area contributed by atoms with E-state index in [2.05, 4.69) is 19.0 Å². The van der Waals surface area contributed by atoms with Crippen LogP contribution in [0.5, 0.6) is 11.5 Å². The molecule has 0 fully saturated rings. The fourth-order valence-corrected chi connectivity index (χ4v) is 3.62. The van der Waals surface area contributed by atoms with Crippen molar-refractivity contribution in [3.05, 3.63) is 52.3 Å². The van der Waals surface area contributed by atoms with Crippen LogP contribution in [0.1, 0.15) is 29.2 Å². The van der Waals surface area contributed by atoms with E-state index in [0.717, 1.165) is 10.4 Å². The number of aromatic nitrogens is 1. The molecule has 3 aromatic rings. The van der Waals surface area contributed by atoms with Crippen molar-refractivity contribution in [2.45, 2.75) is 20.4 Å². The highest BCUT2D eigenvalue weighted by Crippen LogP contribution is 2.33. The van der Waals surface area contributed by atoms with Gasteiger partial charge in [-0.1, -0.05) is 25.1 Å². The van der Waals surface area contributed by atoms with E-state index in [-0.39, 0.29) is 5.91 Å². The molecule has 0 aliphatic heterocycles. The first kappa shape index (κ1) is 19.9. The Labute approximate surface area is 168 Å². The van der Waals surface area contributed by atoms with E-state index in [1.807, 2.05) is 40.6 Å². The maximum Gasteiger partial charge on any atom is 0.264 e. The normalized spacial score (nSPS) is 10.9. The van der Waals surface area contributed by atoms with Crippen molar-refractivity contribution in [1.82, 2.24) is 10.1 Å². The lowest BCUT2D eigenvalue weighted by Gasteiger charge is -2.23.